The highest BCUT2D eigenvalue weighted by Crippen LogP contribution is 2.31. The summed E-state index contributed by atoms with van der Waals surface area (Å²) in [4.78, 5) is 17.9. The summed E-state index contributed by atoms with van der Waals surface area (Å²) in [5, 5.41) is 13.5. The molecule has 0 atom stereocenters. The van der Waals surface area contributed by atoms with Crippen molar-refractivity contribution in [2.24, 2.45) is 4.99 Å². The second-order valence-electron chi connectivity index (χ2n) is 7.07. The zero-order valence-corrected chi connectivity index (χ0v) is 18.9. The minimum absolute atomic E-state index is 0.00689. The Morgan fingerprint density at radius 3 is 2.56 bits per heavy atom. The Morgan fingerprint density at radius 1 is 1.15 bits per heavy atom. The highest BCUT2D eigenvalue weighted by Gasteiger charge is 2.32. The number of nitriles is 1. The lowest BCUT2D eigenvalue weighted by Gasteiger charge is -2.18. The summed E-state index contributed by atoms with van der Waals surface area (Å²) in [5.41, 5.74) is 1.29. The van der Waals surface area contributed by atoms with E-state index >= 15 is 0 Å². The van der Waals surface area contributed by atoms with Crippen molar-refractivity contribution in [3.8, 4) is 11.8 Å². The number of rotatable bonds is 8. The Balaban J connectivity index is 1.59. The molecule has 4 rings (SSSR count). The fraction of sp³-hybridized carbons (Fsp3) is 0.130. The molecule has 1 aliphatic heterocycles. The monoisotopic (exact) mass is 476 g/mol. The van der Waals surface area contributed by atoms with Crippen LogP contribution in [0.2, 0.25) is 0 Å². The number of hydrogen-bond donors (Lipinski definition) is 1. The van der Waals surface area contributed by atoms with Crippen LogP contribution in [0.25, 0.3) is 5.69 Å². The smallest absolute Gasteiger partial charge is 0.263 e. The Labute approximate surface area is 196 Å². The zero-order valence-electron chi connectivity index (χ0n) is 18.1. The average molecular weight is 477 g/mol. The topological polar surface area (TPSA) is 130 Å². The number of sulfonamides is 1. The molecule has 1 amide bonds. The molecule has 0 bridgehead atoms. The summed E-state index contributed by atoms with van der Waals surface area (Å²) in [5.74, 6) is 0.0845. The van der Waals surface area contributed by atoms with Gasteiger partial charge in [0, 0.05) is 6.07 Å². The molecule has 172 valence electrons. The average Bonchev–Trinajstić information content (AvgIpc) is 3.43. The van der Waals surface area contributed by atoms with Gasteiger partial charge in [0.25, 0.3) is 10.0 Å². The molecular weight excluding hydrogens is 456 g/mol. The van der Waals surface area contributed by atoms with E-state index in [1.165, 1.54) is 46.4 Å². The van der Waals surface area contributed by atoms with E-state index in [4.69, 9.17) is 4.74 Å². The molecule has 11 heteroatoms. The maximum absolute atomic E-state index is 13.0. The molecule has 1 aliphatic rings. The van der Waals surface area contributed by atoms with E-state index in [0.29, 0.717) is 18.0 Å². The second kappa shape index (κ2) is 9.60. The summed E-state index contributed by atoms with van der Waals surface area (Å²) in [6.45, 7) is 2.17. The number of amides is 1. The van der Waals surface area contributed by atoms with Crippen LogP contribution < -0.4 is 9.62 Å². The van der Waals surface area contributed by atoms with Crippen LogP contribution in [0.3, 0.4) is 0 Å². The molecular formula is C23H20N6O4S. The van der Waals surface area contributed by atoms with Gasteiger partial charge in [0.15, 0.2) is 12.2 Å². The van der Waals surface area contributed by atoms with Gasteiger partial charge in [0.1, 0.15) is 5.82 Å². The van der Waals surface area contributed by atoms with E-state index in [-0.39, 0.29) is 34.4 Å². The summed E-state index contributed by atoms with van der Waals surface area (Å²) in [6, 6.07) is 18.4. The van der Waals surface area contributed by atoms with Gasteiger partial charge in [0.2, 0.25) is 5.91 Å². The number of anilines is 2. The van der Waals surface area contributed by atoms with E-state index in [1.807, 2.05) is 24.3 Å². The maximum Gasteiger partial charge on any atom is 0.263 e. The number of para-hydroxylation sites is 1. The third kappa shape index (κ3) is 4.53. The van der Waals surface area contributed by atoms with Crippen molar-refractivity contribution in [3.63, 3.8) is 0 Å². The van der Waals surface area contributed by atoms with Gasteiger partial charge >= 0.3 is 0 Å². The van der Waals surface area contributed by atoms with Crippen molar-refractivity contribution in [1.29, 1.82) is 5.26 Å². The summed E-state index contributed by atoms with van der Waals surface area (Å²) in [7, 11) is -3.94. The van der Waals surface area contributed by atoms with Gasteiger partial charge in [-0.05, 0) is 43.3 Å². The summed E-state index contributed by atoms with van der Waals surface area (Å²) in [6.07, 6.45) is 2.58. The highest BCUT2D eigenvalue weighted by atomic mass is 32.2. The first kappa shape index (κ1) is 22.8. The SMILES string of the molecule is CCO/C=N/C1=C(C#N)CC(=O)N1c1ccc(S(=O)(=O)Nc2ccnn2-c2ccccc2)cc1. The minimum Gasteiger partial charge on any atom is -0.483 e. The molecule has 1 aromatic heterocycles. The molecule has 0 fully saturated rings. The largest absolute Gasteiger partial charge is 0.483 e. The Kier molecular flexibility index (Phi) is 6.42. The Bertz CT molecular complexity index is 1400. The van der Waals surface area contributed by atoms with Gasteiger partial charge in [0.05, 0.1) is 47.1 Å². The van der Waals surface area contributed by atoms with Gasteiger partial charge in [-0.15, -0.1) is 0 Å². The van der Waals surface area contributed by atoms with Crippen molar-refractivity contribution in [2.75, 3.05) is 16.2 Å². The van der Waals surface area contributed by atoms with Crippen molar-refractivity contribution in [2.45, 2.75) is 18.2 Å². The van der Waals surface area contributed by atoms with Crippen LogP contribution in [0.1, 0.15) is 13.3 Å². The first-order valence-corrected chi connectivity index (χ1v) is 11.8. The molecule has 0 saturated heterocycles. The van der Waals surface area contributed by atoms with E-state index in [9.17, 15) is 18.5 Å². The molecule has 0 saturated carbocycles. The maximum atomic E-state index is 13.0. The predicted octanol–water partition coefficient (Wildman–Crippen LogP) is 3.21. The molecule has 0 aliphatic carbocycles. The molecule has 2 aromatic carbocycles. The number of aliphatic imine (C=N–C) groups is 1. The van der Waals surface area contributed by atoms with Crippen LogP contribution in [0.15, 0.2) is 88.1 Å². The molecule has 0 radical (unpaired) electrons. The van der Waals surface area contributed by atoms with Gasteiger partial charge in [-0.25, -0.2) is 18.1 Å². The van der Waals surface area contributed by atoms with Gasteiger partial charge in [-0.1, -0.05) is 18.2 Å². The quantitative estimate of drug-likeness (QED) is 0.393. The van der Waals surface area contributed by atoms with Crippen molar-refractivity contribution < 1.29 is 17.9 Å². The van der Waals surface area contributed by atoms with E-state index < -0.39 is 10.0 Å². The van der Waals surface area contributed by atoms with E-state index in [2.05, 4.69) is 14.8 Å². The number of benzene rings is 2. The van der Waals surface area contributed by atoms with Crippen molar-refractivity contribution >= 4 is 33.8 Å². The number of ether oxygens (including phenoxy) is 1. The molecule has 3 aromatic rings. The number of hydrogen-bond acceptors (Lipinski definition) is 7. The molecule has 34 heavy (non-hydrogen) atoms. The third-order valence-corrected chi connectivity index (χ3v) is 6.27. The molecule has 2 heterocycles. The van der Waals surface area contributed by atoms with Crippen molar-refractivity contribution in [1.82, 2.24) is 9.78 Å². The van der Waals surface area contributed by atoms with Crippen LogP contribution in [0.5, 0.6) is 0 Å². The number of nitrogens with zero attached hydrogens (tertiary/aromatic N) is 5. The van der Waals surface area contributed by atoms with Crippen LogP contribution >= 0.6 is 0 Å². The number of aromatic nitrogens is 2. The lowest BCUT2D eigenvalue weighted by Crippen LogP contribution is -2.24. The first-order valence-electron chi connectivity index (χ1n) is 10.3. The molecule has 0 unspecified atom stereocenters. The van der Waals surface area contributed by atoms with Gasteiger partial charge < -0.3 is 4.74 Å². The lowest BCUT2D eigenvalue weighted by atomic mass is 10.2. The fourth-order valence-corrected chi connectivity index (χ4v) is 4.38. The summed E-state index contributed by atoms with van der Waals surface area (Å²) < 4.78 is 35.1. The molecule has 10 nitrogen and oxygen atoms in total. The second-order valence-corrected chi connectivity index (χ2v) is 8.76. The van der Waals surface area contributed by atoms with Crippen LogP contribution in [-0.2, 0) is 19.6 Å². The van der Waals surface area contributed by atoms with Crippen LogP contribution in [0.4, 0.5) is 11.5 Å². The number of carbonyl (C=O) groups excluding carboxylic acids is 1. The zero-order chi connectivity index (χ0) is 24.1. The Hall–Kier alpha value is -4.43. The summed E-state index contributed by atoms with van der Waals surface area (Å²) >= 11 is 0. The number of carbonyl (C=O) groups is 1. The third-order valence-electron chi connectivity index (χ3n) is 4.90. The van der Waals surface area contributed by atoms with Crippen LogP contribution in [0, 0.1) is 11.3 Å². The molecule has 0 spiro atoms. The van der Waals surface area contributed by atoms with E-state index in [0.717, 1.165) is 0 Å². The first-order chi connectivity index (χ1) is 16.4. The normalized spacial score (nSPS) is 14.0. The van der Waals surface area contributed by atoms with Crippen LogP contribution in [-0.4, -0.2) is 37.1 Å². The molecule has 1 N–H and O–H groups in total. The highest BCUT2D eigenvalue weighted by molar-refractivity contribution is 7.92. The number of nitrogens with one attached hydrogen (secondary N) is 1. The van der Waals surface area contributed by atoms with Gasteiger partial charge in [-0.3, -0.25) is 14.4 Å². The minimum atomic E-state index is -3.94. The standard InChI is InChI=1S/C23H20N6O4S/c1-2-33-16-25-23-17(15-24)14-22(30)28(23)18-8-10-20(11-9-18)34(31,32)27-21-12-13-26-29(21)19-6-4-3-5-7-19/h3-13,16,27H,2,14H2,1H3/b25-16+. The predicted molar refractivity (Wildman–Crippen MR) is 126 cm³/mol. The van der Waals surface area contributed by atoms with Gasteiger partial charge in [-0.2, -0.15) is 10.4 Å². The Morgan fingerprint density at radius 2 is 1.88 bits per heavy atom. The van der Waals surface area contributed by atoms with Crippen molar-refractivity contribution in [3.05, 3.63) is 78.3 Å². The lowest BCUT2D eigenvalue weighted by molar-refractivity contribution is -0.116. The fourth-order valence-electron chi connectivity index (χ4n) is 3.34. The van der Waals surface area contributed by atoms with E-state index in [1.54, 1.807) is 25.1 Å².